The topological polar surface area (TPSA) is 44.4 Å². The fraction of sp³-hybridized carbons (Fsp3) is 0.353. The van der Waals surface area contributed by atoms with Gasteiger partial charge in [0.05, 0.1) is 5.69 Å². The lowest BCUT2D eigenvalue weighted by Crippen LogP contribution is -2.48. The second-order valence-electron chi connectivity index (χ2n) is 5.57. The molecule has 4 heteroatoms. The number of amides is 2. The Morgan fingerprint density at radius 3 is 2.86 bits per heavy atom. The van der Waals surface area contributed by atoms with E-state index in [0.717, 1.165) is 42.4 Å². The van der Waals surface area contributed by atoms with Crippen LogP contribution in [0, 0.1) is 0 Å². The highest BCUT2D eigenvalue weighted by Gasteiger charge is 2.22. The van der Waals surface area contributed by atoms with Gasteiger partial charge < -0.3 is 15.5 Å². The predicted molar refractivity (Wildman–Crippen MR) is 86.6 cm³/mol. The number of likely N-dealkylation sites (N-methyl/N-ethyl adjacent to an activating group) is 1. The maximum absolute atomic E-state index is 12.4. The van der Waals surface area contributed by atoms with Crippen molar-refractivity contribution < 1.29 is 4.79 Å². The molecule has 2 N–H and O–H groups in total. The standard InChI is InChI=1S/C17H21N3O/c1-20(14-8-5-11-18-12-14)17(21)19-16-10-4-7-13-6-2-3-9-15(13)16/h2-4,6-7,9-10,14,18H,5,8,11-12H2,1H3,(H,19,21). The molecule has 21 heavy (non-hydrogen) atoms. The van der Waals surface area contributed by atoms with E-state index in [1.165, 1.54) is 0 Å². The Labute approximate surface area is 125 Å². The van der Waals surface area contributed by atoms with E-state index in [1.807, 2.05) is 42.3 Å². The van der Waals surface area contributed by atoms with Gasteiger partial charge in [-0.1, -0.05) is 36.4 Å². The van der Waals surface area contributed by atoms with E-state index in [-0.39, 0.29) is 12.1 Å². The number of fused-ring (bicyclic) bond motifs is 1. The molecule has 4 nitrogen and oxygen atoms in total. The molecule has 0 aliphatic carbocycles. The van der Waals surface area contributed by atoms with E-state index >= 15 is 0 Å². The third-order valence-corrected chi connectivity index (χ3v) is 4.17. The Hall–Kier alpha value is -2.07. The number of nitrogens with zero attached hydrogens (tertiary/aromatic N) is 1. The number of hydrogen-bond donors (Lipinski definition) is 2. The van der Waals surface area contributed by atoms with Gasteiger partial charge in [0.15, 0.2) is 0 Å². The Balaban J connectivity index is 1.76. The zero-order chi connectivity index (χ0) is 14.7. The molecule has 2 aromatic carbocycles. The predicted octanol–water partition coefficient (Wildman–Crippen LogP) is 3.06. The minimum Gasteiger partial charge on any atom is -0.323 e. The van der Waals surface area contributed by atoms with Crippen LogP contribution in [0.3, 0.4) is 0 Å². The SMILES string of the molecule is CN(C(=O)Nc1cccc2ccccc12)C1CCCNC1. The quantitative estimate of drug-likeness (QED) is 0.889. The molecular formula is C17H21N3O. The number of piperidine rings is 1. The Morgan fingerprint density at radius 1 is 1.24 bits per heavy atom. The van der Waals surface area contributed by atoms with Crippen molar-refractivity contribution in [3.8, 4) is 0 Å². The van der Waals surface area contributed by atoms with Crippen LogP contribution in [0.4, 0.5) is 10.5 Å². The van der Waals surface area contributed by atoms with Crippen molar-refractivity contribution in [1.82, 2.24) is 10.2 Å². The van der Waals surface area contributed by atoms with Crippen LogP contribution in [-0.2, 0) is 0 Å². The molecule has 0 bridgehead atoms. The fourth-order valence-corrected chi connectivity index (χ4v) is 2.87. The maximum Gasteiger partial charge on any atom is 0.321 e. The van der Waals surface area contributed by atoms with Crippen molar-refractivity contribution >= 4 is 22.5 Å². The van der Waals surface area contributed by atoms with Crippen molar-refractivity contribution in [2.24, 2.45) is 0 Å². The number of hydrogen-bond acceptors (Lipinski definition) is 2. The van der Waals surface area contributed by atoms with Crippen LogP contribution in [0.1, 0.15) is 12.8 Å². The van der Waals surface area contributed by atoms with Gasteiger partial charge in [-0.05, 0) is 30.8 Å². The molecule has 1 aliphatic heterocycles. The van der Waals surface area contributed by atoms with E-state index in [2.05, 4.69) is 22.8 Å². The Morgan fingerprint density at radius 2 is 2.05 bits per heavy atom. The zero-order valence-corrected chi connectivity index (χ0v) is 12.3. The number of anilines is 1. The van der Waals surface area contributed by atoms with Gasteiger partial charge >= 0.3 is 6.03 Å². The first-order valence-electron chi connectivity index (χ1n) is 7.48. The van der Waals surface area contributed by atoms with Gasteiger partial charge in [-0.25, -0.2) is 4.79 Å². The van der Waals surface area contributed by atoms with E-state index in [4.69, 9.17) is 0 Å². The molecule has 1 heterocycles. The van der Waals surface area contributed by atoms with Crippen LogP contribution in [-0.4, -0.2) is 37.1 Å². The minimum atomic E-state index is -0.0416. The highest BCUT2D eigenvalue weighted by Crippen LogP contribution is 2.23. The monoisotopic (exact) mass is 283 g/mol. The summed E-state index contributed by atoms with van der Waals surface area (Å²) in [5.74, 6) is 0. The van der Waals surface area contributed by atoms with Crippen molar-refractivity contribution in [1.29, 1.82) is 0 Å². The van der Waals surface area contributed by atoms with Gasteiger partial charge in [-0.15, -0.1) is 0 Å². The molecule has 0 saturated carbocycles. The highest BCUT2D eigenvalue weighted by molar-refractivity contribution is 6.01. The van der Waals surface area contributed by atoms with Crippen LogP contribution in [0.2, 0.25) is 0 Å². The minimum absolute atomic E-state index is 0.0416. The van der Waals surface area contributed by atoms with Crippen LogP contribution in [0.15, 0.2) is 42.5 Å². The number of carbonyl (C=O) groups excluding carboxylic acids is 1. The summed E-state index contributed by atoms with van der Waals surface area (Å²) in [6, 6.07) is 14.3. The number of urea groups is 1. The van der Waals surface area contributed by atoms with Gasteiger partial charge in [-0.2, -0.15) is 0 Å². The summed E-state index contributed by atoms with van der Waals surface area (Å²) < 4.78 is 0. The summed E-state index contributed by atoms with van der Waals surface area (Å²) in [4.78, 5) is 14.3. The Bertz CT molecular complexity index is 629. The van der Waals surface area contributed by atoms with Crippen LogP contribution in [0.25, 0.3) is 10.8 Å². The van der Waals surface area contributed by atoms with Gasteiger partial charge in [0, 0.05) is 25.0 Å². The normalized spacial score (nSPS) is 18.4. The third kappa shape index (κ3) is 3.00. The molecule has 2 aromatic rings. The maximum atomic E-state index is 12.4. The van der Waals surface area contributed by atoms with Gasteiger partial charge in [-0.3, -0.25) is 0 Å². The molecule has 1 fully saturated rings. The van der Waals surface area contributed by atoms with Crippen LogP contribution < -0.4 is 10.6 Å². The Kier molecular flexibility index (Phi) is 4.06. The zero-order valence-electron chi connectivity index (χ0n) is 12.3. The lowest BCUT2D eigenvalue weighted by atomic mass is 10.1. The van der Waals surface area contributed by atoms with E-state index < -0.39 is 0 Å². The molecule has 2 amide bonds. The first-order valence-corrected chi connectivity index (χ1v) is 7.48. The lowest BCUT2D eigenvalue weighted by molar-refractivity contribution is 0.191. The van der Waals surface area contributed by atoms with Crippen LogP contribution >= 0.6 is 0 Å². The van der Waals surface area contributed by atoms with Crippen molar-refractivity contribution in [2.45, 2.75) is 18.9 Å². The summed E-state index contributed by atoms with van der Waals surface area (Å²) in [5, 5.41) is 8.59. The third-order valence-electron chi connectivity index (χ3n) is 4.17. The average molecular weight is 283 g/mol. The lowest BCUT2D eigenvalue weighted by Gasteiger charge is -2.31. The van der Waals surface area contributed by atoms with Gasteiger partial charge in [0.1, 0.15) is 0 Å². The summed E-state index contributed by atoms with van der Waals surface area (Å²) in [6.45, 7) is 1.93. The molecule has 1 saturated heterocycles. The van der Waals surface area contributed by atoms with Crippen molar-refractivity contribution in [3.63, 3.8) is 0 Å². The molecule has 1 unspecified atom stereocenters. The second-order valence-corrected chi connectivity index (χ2v) is 5.57. The molecule has 3 rings (SSSR count). The van der Waals surface area contributed by atoms with Crippen molar-refractivity contribution in [3.05, 3.63) is 42.5 Å². The average Bonchev–Trinajstić information content (AvgIpc) is 2.55. The number of benzene rings is 2. The van der Waals surface area contributed by atoms with Crippen LogP contribution in [0.5, 0.6) is 0 Å². The summed E-state index contributed by atoms with van der Waals surface area (Å²) >= 11 is 0. The molecular weight excluding hydrogens is 262 g/mol. The number of carbonyl (C=O) groups is 1. The highest BCUT2D eigenvalue weighted by atomic mass is 16.2. The molecule has 0 spiro atoms. The smallest absolute Gasteiger partial charge is 0.321 e. The molecule has 1 aliphatic rings. The largest absolute Gasteiger partial charge is 0.323 e. The number of rotatable bonds is 2. The summed E-state index contributed by atoms with van der Waals surface area (Å²) in [5.41, 5.74) is 0.869. The molecule has 0 radical (unpaired) electrons. The van der Waals surface area contributed by atoms with E-state index in [9.17, 15) is 4.79 Å². The molecule has 110 valence electrons. The number of nitrogens with one attached hydrogen (secondary N) is 2. The fourth-order valence-electron chi connectivity index (χ4n) is 2.87. The molecule has 1 atom stereocenters. The summed E-state index contributed by atoms with van der Waals surface area (Å²) in [7, 11) is 1.87. The first kappa shape index (κ1) is 13.9. The van der Waals surface area contributed by atoms with E-state index in [0.29, 0.717) is 0 Å². The van der Waals surface area contributed by atoms with Gasteiger partial charge in [0.25, 0.3) is 0 Å². The second kappa shape index (κ2) is 6.14. The first-order chi connectivity index (χ1) is 10.3. The summed E-state index contributed by atoms with van der Waals surface area (Å²) in [6.07, 6.45) is 2.18. The van der Waals surface area contributed by atoms with E-state index in [1.54, 1.807) is 0 Å². The molecule has 0 aromatic heterocycles. The van der Waals surface area contributed by atoms with Crippen molar-refractivity contribution in [2.75, 3.05) is 25.5 Å². The van der Waals surface area contributed by atoms with Gasteiger partial charge in [0.2, 0.25) is 0 Å².